The molecule has 0 spiro atoms. The van der Waals surface area contributed by atoms with Crippen molar-refractivity contribution >= 4 is 52.3 Å². The number of hydrogen-bond donors (Lipinski definition) is 2. The van der Waals surface area contributed by atoms with Gasteiger partial charge in [0.15, 0.2) is 11.5 Å². The number of amides is 3. The van der Waals surface area contributed by atoms with E-state index < -0.39 is 17.9 Å². The van der Waals surface area contributed by atoms with E-state index in [9.17, 15) is 14.4 Å². The fraction of sp³-hybridized carbons (Fsp3) is 0.214. The summed E-state index contributed by atoms with van der Waals surface area (Å²) in [6.45, 7) is 0.330. The Kier molecular flexibility index (Phi) is 9.00. The minimum Gasteiger partial charge on any atom is -0.493 e. The second kappa shape index (κ2) is 12.6. The number of carbonyl (C=O) groups is 3. The van der Waals surface area contributed by atoms with Gasteiger partial charge in [-0.15, -0.1) is 0 Å². The predicted octanol–water partition coefficient (Wildman–Crippen LogP) is 3.75. The summed E-state index contributed by atoms with van der Waals surface area (Å²) in [6.07, 6.45) is 0.318. The molecule has 0 aromatic heterocycles. The molecule has 0 saturated carbocycles. The number of carbonyl (C=O) groups excluding carboxylic acids is 3. The first-order valence-electron chi connectivity index (χ1n) is 12.1. The number of halogens is 1. The molecule has 39 heavy (non-hydrogen) atoms. The Hall–Kier alpha value is -4.15. The summed E-state index contributed by atoms with van der Waals surface area (Å²) in [4.78, 5) is 40.6. The quantitative estimate of drug-likeness (QED) is 0.361. The molecule has 1 aliphatic rings. The summed E-state index contributed by atoms with van der Waals surface area (Å²) in [7, 11) is 3.12. The number of nitrogens with zero attached hydrogens (tertiary/aromatic N) is 2. The Morgan fingerprint density at radius 1 is 0.974 bits per heavy atom. The maximum Gasteiger partial charge on any atom is 0.269 e. The zero-order valence-electron chi connectivity index (χ0n) is 21.3. The van der Waals surface area contributed by atoms with E-state index in [1.807, 2.05) is 12.1 Å². The van der Waals surface area contributed by atoms with E-state index in [0.29, 0.717) is 40.7 Å². The molecule has 3 aromatic rings. The van der Waals surface area contributed by atoms with E-state index in [2.05, 4.69) is 10.7 Å². The van der Waals surface area contributed by atoms with Crippen LogP contribution in [0.15, 0.2) is 72.8 Å². The maximum atomic E-state index is 13.5. The van der Waals surface area contributed by atoms with Gasteiger partial charge in [-0.1, -0.05) is 35.9 Å². The SMILES string of the molecule is COc1ccc(CCNC(=O)C[C@H]2C(=O)N(c3ccc(Cl)cc3)C(=S)N2NC(=O)c2ccccc2)cc1OC. The molecule has 1 heterocycles. The van der Waals surface area contributed by atoms with Gasteiger partial charge in [0, 0.05) is 17.1 Å². The molecule has 11 heteroatoms. The van der Waals surface area contributed by atoms with Gasteiger partial charge in [0.1, 0.15) is 6.04 Å². The van der Waals surface area contributed by atoms with Gasteiger partial charge in [-0.2, -0.15) is 0 Å². The standard InChI is InChI=1S/C28H27ClN4O5S/c1-37-23-13-8-18(16-24(23)38-2)14-15-30-25(34)17-22-27(36)32(21-11-9-20(29)10-12-21)28(39)33(22)31-26(35)19-6-4-3-5-7-19/h3-13,16,22H,14-15,17H2,1-2H3,(H,30,34)(H,31,35)/t22-/m0/s1. The Morgan fingerprint density at radius 3 is 2.33 bits per heavy atom. The minimum atomic E-state index is -1.04. The minimum absolute atomic E-state index is 0.0507. The number of ether oxygens (including phenoxy) is 2. The summed E-state index contributed by atoms with van der Waals surface area (Å²) in [5, 5.41) is 4.67. The summed E-state index contributed by atoms with van der Waals surface area (Å²) < 4.78 is 10.6. The van der Waals surface area contributed by atoms with Gasteiger partial charge < -0.3 is 14.8 Å². The molecule has 0 radical (unpaired) electrons. The number of rotatable bonds is 10. The van der Waals surface area contributed by atoms with E-state index in [0.717, 1.165) is 5.56 Å². The highest BCUT2D eigenvalue weighted by atomic mass is 35.5. The lowest BCUT2D eigenvalue weighted by atomic mass is 10.1. The van der Waals surface area contributed by atoms with Crippen LogP contribution in [0.4, 0.5) is 5.69 Å². The summed E-state index contributed by atoms with van der Waals surface area (Å²) >= 11 is 11.6. The van der Waals surface area contributed by atoms with Crippen LogP contribution in [0.25, 0.3) is 0 Å². The van der Waals surface area contributed by atoms with Crippen LogP contribution in [0.1, 0.15) is 22.3 Å². The van der Waals surface area contributed by atoms with Crippen LogP contribution in [0.5, 0.6) is 11.5 Å². The van der Waals surface area contributed by atoms with Crippen LogP contribution in [-0.4, -0.2) is 54.6 Å². The maximum absolute atomic E-state index is 13.5. The van der Waals surface area contributed by atoms with Gasteiger partial charge >= 0.3 is 0 Å². The highest BCUT2D eigenvalue weighted by molar-refractivity contribution is 7.80. The first kappa shape index (κ1) is 27.9. The Bertz CT molecular complexity index is 1370. The molecule has 202 valence electrons. The van der Waals surface area contributed by atoms with Crippen molar-refractivity contribution in [3.8, 4) is 11.5 Å². The summed E-state index contributed by atoms with van der Waals surface area (Å²) in [5.74, 6) is -0.0517. The van der Waals surface area contributed by atoms with E-state index >= 15 is 0 Å². The molecule has 3 aromatic carbocycles. The monoisotopic (exact) mass is 566 g/mol. The van der Waals surface area contributed by atoms with Crippen LogP contribution in [0.3, 0.4) is 0 Å². The lowest BCUT2D eigenvalue weighted by molar-refractivity contribution is -0.127. The van der Waals surface area contributed by atoms with Gasteiger partial charge in [0.2, 0.25) is 11.0 Å². The molecule has 1 saturated heterocycles. The average Bonchev–Trinajstić information content (AvgIpc) is 3.17. The fourth-order valence-electron chi connectivity index (χ4n) is 4.12. The number of anilines is 1. The number of hydrazine groups is 1. The molecule has 2 N–H and O–H groups in total. The first-order chi connectivity index (χ1) is 18.8. The van der Waals surface area contributed by atoms with Crippen molar-refractivity contribution in [1.82, 2.24) is 15.8 Å². The third kappa shape index (κ3) is 6.47. The Labute approximate surface area is 236 Å². The zero-order chi connectivity index (χ0) is 27.9. The van der Waals surface area contributed by atoms with Crippen LogP contribution in [-0.2, 0) is 16.0 Å². The molecule has 0 aliphatic carbocycles. The van der Waals surface area contributed by atoms with E-state index in [4.69, 9.17) is 33.3 Å². The number of thiocarbonyl (C=S) groups is 1. The van der Waals surface area contributed by atoms with Crippen LogP contribution >= 0.6 is 23.8 Å². The predicted molar refractivity (Wildman–Crippen MR) is 152 cm³/mol. The molecule has 1 fully saturated rings. The third-order valence-electron chi connectivity index (χ3n) is 6.12. The molecule has 0 unspecified atom stereocenters. The Balaban J connectivity index is 1.47. The number of benzene rings is 3. The van der Waals surface area contributed by atoms with Crippen molar-refractivity contribution in [2.75, 3.05) is 25.7 Å². The topological polar surface area (TPSA) is 100 Å². The highest BCUT2D eigenvalue weighted by Crippen LogP contribution is 2.28. The second-order valence-corrected chi connectivity index (χ2v) is 9.42. The summed E-state index contributed by atoms with van der Waals surface area (Å²) in [5.41, 5.74) is 4.51. The Morgan fingerprint density at radius 2 is 1.67 bits per heavy atom. The van der Waals surface area contributed by atoms with Crippen molar-refractivity contribution in [1.29, 1.82) is 0 Å². The normalized spacial score (nSPS) is 14.8. The van der Waals surface area contributed by atoms with E-state index in [1.165, 1.54) is 9.91 Å². The molecule has 1 aliphatic heterocycles. The third-order valence-corrected chi connectivity index (χ3v) is 6.75. The second-order valence-electron chi connectivity index (χ2n) is 8.62. The molecule has 3 amide bonds. The number of nitrogens with one attached hydrogen (secondary N) is 2. The van der Waals surface area contributed by atoms with Crippen LogP contribution < -0.4 is 25.1 Å². The summed E-state index contributed by atoms with van der Waals surface area (Å²) in [6, 6.07) is 19.6. The van der Waals surface area contributed by atoms with Gasteiger partial charge in [0.05, 0.1) is 26.3 Å². The highest BCUT2D eigenvalue weighted by Gasteiger charge is 2.45. The molecular formula is C28H27ClN4O5S. The lowest BCUT2D eigenvalue weighted by Crippen LogP contribution is -2.50. The van der Waals surface area contributed by atoms with Crippen LogP contribution in [0, 0.1) is 0 Å². The smallest absolute Gasteiger partial charge is 0.269 e. The largest absolute Gasteiger partial charge is 0.493 e. The molecule has 4 rings (SSSR count). The van der Waals surface area contributed by atoms with Gasteiger partial charge in [-0.3, -0.25) is 24.7 Å². The van der Waals surface area contributed by atoms with E-state index in [1.54, 1.807) is 74.9 Å². The average molecular weight is 567 g/mol. The van der Waals surface area contributed by atoms with Gasteiger partial charge in [-0.25, -0.2) is 5.01 Å². The fourth-order valence-corrected chi connectivity index (χ4v) is 4.61. The van der Waals surface area contributed by atoms with Gasteiger partial charge in [-0.05, 0) is 72.7 Å². The molecule has 9 nitrogen and oxygen atoms in total. The number of methoxy groups -OCH3 is 2. The molecule has 0 bridgehead atoms. The van der Waals surface area contributed by atoms with Gasteiger partial charge in [0.25, 0.3) is 11.8 Å². The zero-order valence-corrected chi connectivity index (χ0v) is 22.9. The van der Waals surface area contributed by atoms with Crippen molar-refractivity contribution in [3.05, 3.63) is 88.9 Å². The van der Waals surface area contributed by atoms with Crippen LogP contribution in [0.2, 0.25) is 5.02 Å². The molecule has 1 atom stereocenters. The van der Waals surface area contributed by atoms with Crippen molar-refractivity contribution < 1.29 is 23.9 Å². The molecular weight excluding hydrogens is 540 g/mol. The first-order valence-corrected chi connectivity index (χ1v) is 12.9. The van der Waals surface area contributed by atoms with Crippen molar-refractivity contribution in [3.63, 3.8) is 0 Å². The van der Waals surface area contributed by atoms with Crippen molar-refractivity contribution in [2.45, 2.75) is 18.9 Å². The van der Waals surface area contributed by atoms with E-state index in [-0.39, 0.29) is 17.4 Å². The van der Waals surface area contributed by atoms with Crippen molar-refractivity contribution in [2.24, 2.45) is 0 Å². The lowest BCUT2D eigenvalue weighted by Gasteiger charge is -2.24. The number of hydrogen-bond acceptors (Lipinski definition) is 6.